The van der Waals surface area contributed by atoms with Crippen molar-refractivity contribution in [1.29, 1.82) is 0 Å². The molecule has 0 aromatic rings. The van der Waals surface area contributed by atoms with E-state index in [2.05, 4.69) is 21.7 Å². The lowest BCUT2D eigenvalue weighted by Crippen LogP contribution is -1.97. The minimum Gasteiger partial charge on any atom is -0.341 e. The molecule has 6 heteroatoms. The lowest BCUT2D eigenvalue weighted by Gasteiger charge is -2.16. The van der Waals surface area contributed by atoms with Gasteiger partial charge in [0.1, 0.15) is 0 Å². The Morgan fingerprint density at radius 2 is 2.00 bits per heavy atom. The van der Waals surface area contributed by atoms with Gasteiger partial charge in [0.15, 0.2) is 0 Å². The third kappa shape index (κ3) is 3.25. The first-order chi connectivity index (χ1) is 4.58. The maximum atomic E-state index is 9.53. The SMILES string of the molecule is CCS(CC)=P(O)(S)OP. The summed E-state index contributed by atoms with van der Waals surface area (Å²) in [6.45, 7) is 4.08. The zero-order valence-corrected chi connectivity index (χ0v) is 9.91. The summed E-state index contributed by atoms with van der Waals surface area (Å²) in [5.74, 6) is 1.89. The van der Waals surface area contributed by atoms with E-state index in [1.54, 1.807) is 0 Å². The van der Waals surface area contributed by atoms with Gasteiger partial charge in [0.05, 0.1) is 0 Å². The van der Waals surface area contributed by atoms with Crippen LogP contribution < -0.4 is 0 Å². The summed E-state index contributed by atoms with van der Waals surface area (Å²) >= 11 is 4.08. The Morgan fingerprint density at radius 3 is 2.10 bits per heavy atom. The smallest absolute Gasteiger partial charge is 0.204 e. The average molecular weight is 220 g/mol. The second kappa shape index (κ2) is 5.18. The van der Waals surface area contributed by atoms with Gasteiger partial charge in [-0.05, 0) is 11.5 Å². The van der Waals surface area contributed by atoms with Gasteiger partial charge in [-0.25, -0.2) is 0 Å². The minimum atomic E-state index is -2.35. The van der Waals surface area contributed by atoms with Gasteiger partial charge in [-0.1, -0.05) is 26.1 Å². The van der Waals surface area contributed by atoms with Crippen LogP contribution in [0.5, 0.6) is 0 Å². The van der Waals surface area contributed by atoms with Crippen LogP contribution in [0, 0.1) is 0 Å². The second-order valence-electron chi connectivity index (χ2n) is 1.64. The maximum Gasteiger partial charge on any atom is 0.204 e. The molecule has 0 aromatic carbocycles. The number of rotatable bonds is 3. The van der Waals surface area contributed by atoms with E-state index in [9.17, 15) is 4.89 Å². The fraction of sp³-hybridized carbons (Fsp3) is 1.00. The van der Waals surface area contributed by atoms with Crippen molar-refractivity contribution in [3.05, 3.63) is 0 Å². The van der Waals surface area contributed by atoms with Crippen molar-refractivity contribution in [3.63, 3.8) is 0 Å². The highest BCUT2D eigenvalue weighted by molar-refractivity contribution is 8.66. The molecule has 0 aliphatic rings. The molecule has 0 rings (SSSR count). The molecule has 0 aliphatic heterocycles. The molecule has 0 fully saturated rings. The van der Waals surface area contributed by atoms with Gasteiger partial charge in [-0.3, -0.25) is 0 Å². The number of hydrogen-bond acceptors (Lipinski definition) is 1. The predicted molar refractivity (Wildman–Crippen MR) is 57.4 cm³/mol. The van der Waals surface area contributed by atoms with Crippen molar-refractivity contribution in [2.24, 2.45) is 0 Å². The van der Waals surface area contributed by atoms with Crippen LogP contribution in [0.2, 0.25) is 0 Å². The van der Waals surface area contributed by atoms with E-state index >= 15 is 0 Å². The maximum absolute atomic E-state index is 9.53. The zero-order chi connectivity index (χ0) is 8.20. The van der Waals surface area contributed by atoms with Crippen molar-refractivity contribution in [2.75, 3.05) is 11.5 Å². The van der Waals surface area contributed by atoms with E-state index in [4.69, 9.17) is 4.31 Å². The van der Waals surface area contributed by atoms with Crippen LogP contribution in [0.4, 0.5) is 0 Å². The largest absolute Gasteiger partial charge is 0.341 e. The summed E-state index contributed by atoms with van der Waals surface area (Å²) < 4.78 is 4.84. The Morgan fingerprint density at radius 1 is 1.60 bits per heavy atom. The van der Waals surface area contributed by atoms with Crippen LogP contribution in [-0.2, 0) is 14.4 Å². The summed E-state index contributed by atoms with van der Waals surface area (Å²) in [5, 5.41) is 0. The molecule has 0 radical (unpaired) electrons. The van der Waals surface area contributed by atoms with E-state index in [0.29, 0.717) is 0 Å². The third-order valence-electron chi connectivity index (χ3n) is 1.14. The van der Waals surface area contributed by atoms with Crippen molar-refractivity contribution in [1.82, 2.24) is 0 Å². The first-order valence-corrected chi connectivity index (χ1v) is 8.44. The van der Waals surface area contributed by atoms with Crippen LogP contribution in [0.25, 0.3) is 0 Å². The summed E-state index contributed by atoms with van der Waals surface area (Å²) in [4.78, 5) is 9.53. The lowest BCUT2D eigenvalue weighted by molar-refractivity contribution is 0.543. The molecule has 0 amide bonds. The van der Waals surface area contributed by atoms with Crippen LogP contribution in [0.1, 0.15) is 13.8 Å². The Hall–Kier alpha value is 1.48. The van der Waals surface area contributed by atoms with Crippen molar-refractivity contribution in [3.8, 4) is 0 Å². The van der Waals surface area contributed by atoms with Gasteiger partial charge in [0.2, 0.25) is 5.69 Å². The monoisotopic (exact) mass is 220 g/mol. The van der Waals surface area contributed by atoms with Crippen LogP contribution in [0.3, 0.4) is 0 Å². The molecule has 1 N–H and O–H groups in total. The van der Waals surface area contributed by atoms with E-state index in [0.717, 1.165) is 11.5 Å². The molecule has 64 valence electrons. The quantitative estimate of drug-likeness (QED) is 0.563. The molecule has 0 aromatic heterocycles. The molecule has 0 heterocycles. The minimum absolute atomic E-state index is 0.0610. The molecule has 2 unspecified atom stereocenters. The molecule has 0 bridgehead atoms. The lowest BCUT2D eigenvalue weighted by atomic mass is 11.0. The summed E-state index contributed by atoms with van der Waals surface area (Å²) in [7, 11) is 2.02. The van der Waals surface area contributed by atoms with E-state index < -0.39 is 5.69 Å². The molecule has 2 atom stereocenters. The Labute approximate surface area is 72.3 Å². The Balaban J connectivity index is 4.55. The van der Waals surface area contributed by atoms with Crippen LogP contribution in [-0.4, -0.2) is 16.4 Å². The molecular formula is C4H14O2P2S2. The van der Waals surface area contributed by atoms with Gasteiger partial charge in [0, 0.05) is 9.47 Å². The molecule has 0 saturated heterocycles. The summed E-state index contributed by atoms with van der Waals surface area (Å²) in [5.41, 5.74) is -2.35. The predicted octanol–water partition coefficient (Wildman–Crippen LogP) is 2.05. The average Bonchev–Trinajstić information content (AvgIpc) is 1.90. The van der Waals surface area contributed by atoms with Crippen molar-refractivity contribution < 1.29 is 9.20 Å². The fourth-order valence-corrected chi connectivity index (χ4v) is 7.36. The molecule has 0 saturated carbocycles. The van der Waals surface area contributed by atoms with Crippen LogP contribution >= 0.6 is 27.4 Å². The van der Waals surface area contributed by atoms with Crippen LogP contribution in [0.15, 0.2) is 0 Å². The zero-order valence-electron chi connectivity index (χ0n) is 6.15. The summed E-state index contributed by atoms with van der Waals surface area (Å²) in [6.07, 6.45) is 0. The molecule has 0 spiro atoms. The van der Waals surface area contributed by atoms with Gasteiger partial charge >= 0.3 is 0 Å². The van der Waals surface area contributed by atoms with E-state index in [-0.39, 0.29) is 10.1 Å². The topological polar surface area (TPSA) is 29.5 Å². The van der Waals surface area contributed by atoms with Gasteiger partial charge in [-0.15, -0.1) is 10.1 Å². The standard InChI is InChI=1S/C4H14O2P2S2/c1-3-10(4-2)8(5,9)6-7/h5,9H,3-4,7H2,1-2H3. The first kappa shape index (κ1) is 11.5. The van der Waals surface area contributed by atoms with Gasteiger partial charge in [0.25, 0.3) is 0 Å². The van der Waals surface area contributed by atoms with E-state index in [1.165, 1.54) is 0 Å². The molecule has 0 aliphatic carbocycles. The Kier molecular flexibility index (Phi) is 5.95. The third-order valence-corrected chi connectivity index (χ3v) is 11.5. The molecule has 2 nitrogen and oxygen atoms in total. The normalized spacial score (nSPS) is 17.4. The van der Waals surface area contributed by atoms with Gasteiger partial charge in [-0.2, -0.15) is 0 Å². The second-order valence-corrected chi connectivity index (χ2v) is 11.0. The summed E-state index contributed by atoms with van der Waals surface area (Å²) in [6, 6.07) is 0. The van der Waals surface area contributed by atoms with Crippen molar-refractivity contribution in [2.45, 2.75) is 13.8 Å². The fourth-order valence-electron chi connectivity index (χ4n) is 0.601. The number of hydrogen-bond donors (Lipinski definition) is 2. The highest BCUT2D eigenvalue weighted by Gasteiger charge is 2.10. The Bertz CT molecular complexity index is 147. The number of thiol groups is 1. The molecular weight excluding hydrogens is 206 g/mol. The first-order valence-electron chi connectivity index (χ1n) is 2.99. The highest BCUT2D eigenvalue weighted by Crippen LogP contribution is 2.54. The van der Waals surface area contributed by atoms with E-state index in [1.807, 2.05) is 13.8 Å². The van der Waals surface area contributed by atoms with Gasteiger partial charge < -0.3 is 9.20 Å². The highest BCUT2D eigenvalue weighted by atomic mass is 32.9. The molecule has 10 heavy (non-hydrogen) atoms. The van der Waals surface area contributed by atoms with Crippen molar-refractivity contribution >= 4 is 37.5 Å².